The summed E-state index contributed by atoms with van der Waals surface area (Å²) < 4.78 is 10.1. The van der Waals surface area contributed by atoms with Crippen LogP contribution in [0.2, 0.25) is 0 Å². The summed E-state index contributed by atoms with van der Waals surface area (Å²) in [7, 11) is 0. The fourth-order valence-corrected chi connectivity index (χ4v) is 1.45. The van der Waals surface area contributed by atoms with E-state index in [9.17, 15) is 9.59 Å². The summed E-state index contributed by atoms with van der Waals surface area (Å²) in [5, 5.41) is 0. The van der Waals surface area contributed by atoms with E-state index in [4.69, 9.17) is 21.1 Å². The van der Waals surface area contributed by atoms with Gasteiger partial charge in [-0.2, -0.15) is 0 Å². The van der Waals surface area contributed by atoms with Gasteiger partial charge in [0, 0.05) is 5.56 Å². The number of rotatable bonds is 5. The summed E-state index contributed by atoms with van der Waals surface area (Å²) in [6.07, 6.45) is 0.0125. The Kier molecular flexibility index (Phi) is 5.83. The molecule has 104 valence electrons. The van der Waals surface area contributed by atoms with Crippen molar-refractivity contribution in [2.75, 3.05) is 0 Å². The van der Waals surface area contributed by atoms with Gasteiger partial charge in [-0.15, -0.1) is 0 Å². The minimum absolute atomic E-state index is 0.0125. The molecule has 0 bridgehead atoms. The molecule has 5 heteroatoms. The van der Waals surface area contributed by atoms with E-state index in [0.717, 1.165) is 0 Å². The summed E-state index contributed by atoms with van der Waals surface area (Å²) in [5.41, 5.74) is -0.0864. The third-order valence-electron chi connectivity index (χ3n) is 2.28. The summed E-state index contributed by atoms with van der Waals surface area (Å²) >= 11 is 5.58. The number of benzene rings is 1. The number of hydrogen-bond donors (Lipinski definition) is 0. The minimum atomic E-state index is -0.683. The summed E-state index contributed by atoms with van der Waals surface area (Å²) in [5.74, 6) is -0.662. The van der Waals surface area contributed by atoms with Gasteiger partial charge in [-0.05, 0) is 13.0 Å². The first-order chi connectivity index (χ1) is 8.90. The third-order valence-corrected chi connectivity index (χ3v) is 2.37. The maximum absolute atomic E-state index is 11.6. The highest BCUT2D eigenvalue weighted by Gasteiger charge is 2.15. The second kappa shape index (κ2) is 7.14. The second-order valence-electron chi connectivity index (χ2n) is 4.39. The molecule has 0 aromatic heterocycles. The molecule has 0 spiro atoms. The molecular weight excluding hydrogens is 268 g/mol. The fraction of sp³-hybridized carbons (Fsp3) is 0.429. The van der Waals surface area contributed by atoms with Crippen molar-refractivity contribution in [2.45, 2.75) is 32.8 Å². The van der Waals surface area contributed by atoms with E-state index in [1.165, 1.54) is 0 Å². The first kappa shape index (κ1) is 15.5. The van der Waals surface area contributed by atoms with Gasteiger partial charge in [-0.25, -0.2) is 0 Å². The van der Waals surface area contributed by atoms with Crippen LogP contribution in [0.15, 0.2) is 24.3 Å². The van der Waals surface area contributed by atoms with E-state index in [0.29, 0.717) is 11.3 Å². The monoisotopic (exact) mass is 284 g/mol. The van der Waals surface area contributed by atoms with E-state index in [1.54, 1.807) is 45.0 Å². The van der Waals surface area contributed by atoms with Gasteiger partial charge in [0.05, 0.1) is 12.3 Å². The van der Waals surface area contributed by atoms with Crippen LogP contribution in [-0.4, -0.2) is 17.5 Å². The molecule has 0 saturated carbocycles. The quantitative estimate of drug-likeness (QED) is 0.474. The van der Waals surface area contributed by atoms with E-state index < -0.39 is 11.5 Å². The third kappa shape index (κ3) is 5.30. The Morgan fingerprint density at radius 1 is 1.21 bits per heavy atom. The molecular formula is C14H17ClO4. The number of hydrogen-bond acceptors (Lipinski definition) is 4. The van der Waals surface area contributed by atoms with Crippen molar-refractivity contribution in [3.05, 3.63) is 29.8 Å². The molecule has 0 aliphatic heterocycles. The molecule has 0 aliphatic carbocycles. The fourth-order valence-electron chi connectivity index (χ4n) is 1.35. The Bertz CT molecular complexity index is 455. The maximum Gasteiger partial charge on any atom is 0.313 e. The molecule has 4 nitrogen and oxygen atoms in total. The minimum Gasteiger partial charge on any atom is -0.446 e. The first-order valence-electron chi connectivity index (χ1n) is 6.03. The number of carbonyl (C=O) groups excluding carboxylic acids is 2. The van der Waals surface area contributed by atoms with Crippen LogP contribution in [-0.2, 0) is 20.7 Å². The largest absolute Gasteiger partial charge is 0.446 e. The van der Waals surface area contributed by atoms with E-state index >= 15 is 0 Å². The van der Waals surface area contributed by atoms with Crippen molar-refractivity contribution in [3.63, 3.8) is 0 Å². The van der Waals surface area contributed by atoms with Crippen molar-refractivity contribution in [1.82, 2.24) is 0 Å². The Morgan fingerprint density at radius 3 is 2.42 bits per heavy atom. The maximum atomic E-state index is 11.6. The average Bonchev–Trinajstić information content (AvgIpc) is 2.30. The van der Waals surface area contributed by atoms with Gasteiger partial charge in [-0.3, -0.25) is 9.59 Å². The van der Waals surface area contributed by atoms with Crippen LogP contribution in [0, 0.1) is 5.92 Å². The van der Waals surface area contributed by atoms with Gasteiger partial charge in [0.25, 0.3) is 0 Å². The van der Waals surface area contributed by atoms with Crippen LogP contribution in [0.1, 0.15) is 26.3 Å². The zero-order chi connectivity index (χ0) is 14.4. The topological polar surface area (TPSA) is 52.6 Å². The second-order valence-corrected chi connectivity index (χ2v) is 5.01. The highest BCUT2D eigenvalue weighted by Crippen LogP contribution is 2.20. The summed E-state index contributed by atoms with van der Waals surface area (Å²) in [6, 6.07) is 6.86. The number of alkyl halides is 1. The molecule has 0 radical (unpaired) electrons. The van der Waals surface area contributed by atoms with Crippen molar-refractivity contribution >= 4 is 23.5 Å². The SMILES string of the molecule is CC(Cl)OC(=O)Cc1ccccc1OC(=O)C(C)C. The van der Waals surface area contributed by atoms with Crippen LogP contribution in [0.25, 0.3) is 0 Å². The van der Waals surface area contributed by atoms with Gasteiger partial charge < -0.3 is 9.47 Å². The van der Waals surface area contributed by atoms with Crippen LogP contribution >= 0.6 is 11.6 Å². The Hall–Kier alpha value is -1.55. The lowest BCUT2D eigenvalue weighted by molar-refractivity contribution is -0.144. The lowest BCUT2D eigenvalue weighted by Crippen LogP contribution is -2.17. The van der Waals surface area contributed by atoms with Crippen molar-refractivity contribution in [3.8, 4) is 5.75 Å². The van der Waals surface area contributed by atoms with Crippen LogP contribution < -0.4 is 4.74 Å². The van der Waals surface area contributed by atoms with E-state index in [2.05, 4.69) is 0 Å². The molecule has 1 aromatic carbocycles. The lowest BCUT2D eigenvalue weighted by Gasteiger charge is -2.11. The molecule has 0 fully saturated rings. The average molecular weight is 285 g/mol. The molecule has 0 heterocycles. The zero-order valence-electron chi connectivity index (χ0n) is 11.2. The number of ether oxygens (including phenoxy) is 2. The van der Waals surface area contributed by atoms with Gasteiger partial charge >= 0.3 is 11.9 Å². The van der Waals surface area contributed by atoms with Crippen molar-refractivity contribution in [2.24, 2.45) is 5.92 Å². The lowest BCUT2D eigenvalue weighted by atomic mass is 10.1. The number of carbonyl (C=O) groups is 2. The Labute approximate surface area is 117 Å². The van der Waals surface area contributed by atoms with Crippen LogP contribution in [0.4, 0.5) is 0 Å². The molecule has 0 amide bonds. The molecule has 0 saturated heterocycles. The molecule has 1 atom stereocenters. The van der Waals surface area contributed by atoms with Gasteiger partial charge in [0.15, 0.2) is 5.56 Å². The van der Waals surface area contributed by atoms with Gasteiger partial charge in [0.1, 0.15) is 5.75 Å². The van der Waals surface area contributed by atoms with Crippen molar-refractivity contribution < 1.29 is 19.1 Å². The molecule has 0 N–H and O–H groups in total. The van der Waals surface area contributed by atoms with Crippen molar-refractivity contribution in [1.29, 1.82) is 0 Å². The number of esters is 2. The molecule has 1 aromatic rings. The first-order valence-corrected chi connectivity index (χ1v) is 6.47. The summed E-state index contributed by atoms with van der Waals surface area (Å²) in [4.78, 5) is 23.1. The van der Waals surface area contributed by atoms with E-state index in [1.807, 2.05) is 0 Å². The number of halogens is 1. The summed E-state index contributed by atoms with van der Waals surface area (Å²) in [6.45, 7) is 5.05. The highest BCUT2D eigenvalue weighted by atomic mass is 35.5. The predicted molar refractivity (Wildman–Crippen MR) is 72.0 cm³/mol. The normalized spacial score (nSPS) is 12.1. The number of para-hydroxylation sites is 1. The molecule has 1 unspecified atom stereocenters. The van der Waals surface area contributed by atoms with Gasteiger partial charge in [-0.1, -0.05) is 43.6 Å². The predicted octanol–water partition coefficient (Wildman–Crippen LogP) is 2.92. The van der Waals surface area contributed by atoms with Crippen LogP contribution in [0.5, 0.6) is 5.75 Å². The zero-order valence-corrected chi connectivity index (χ0v) is 11.9. The molecule has 1 rings (SSSR count). The molecule has 19 heavy (non-hydrogen) atoms. The smallest absolute Gasteiger partial charge is 0.313 e. The van der Waals surface area contributed by atoms with Crippen LogP contribution in [0.3, 0.4) is 0 Å². The van der Waals surface area contributed by atoms with E-state index in [-0.39, 0.29) is 18.3 Å². The standard InChI is InChI=1S/C14H17ClO4/c1-9(2)14(17)19-12-7-5-4-6-11(12)8-13(16)18-10(3)15/h4-7,9-10H,8H2,1-3H3. The molecule has 0 aliphatic rings. The highest BCUT2D eigenvalue weighted by molar-refractivity contribution is 6.19. The Balaban J connectivity index is 2.78. The Morgan fingerprint density at radius 2 is 1.84 bits per heavy atom. The van der Waals surface area contributed by atoms with Gasteiger partial charge in [0.2, 0.25) is 0 Å².